The summed E-state index contributed by atoms with van der Waals surface area (Å²) >= 11 is 1.28. The van der Waals surface area contributed by atoms with E-state index in [1.807, 2.05) is 26.8 Å². The molecule has 2 heterocycles. The van der Waals surface area contributed by atoms with Gasteiger partial charge in [0.05, 0.1) is 22.5 Å². The number of carbonyl (C=O) groups excluding carboxylic acids is 1. The molecule has 0 bridgehead atoms. The van der Waals surface area contributed by atoms with Gasteiger partial charge in [0.1, 0.15) is 11.3 Å². The van der Waals surface area contributed by atoms with Crippen molar-refractivity contribution in [2.75, 3.05) is 13.7 Å². The van der Waals surface area contributed by atoms with Crippen LogP contribution in [0.3, 0.4) is 0 Å². The highest BCUT2D eigenvalue weighted by atomic mass is 32.1. The summed E-state index contributed by atoms with van der Waals surface area (Å²) in [6.07, 6.45) is 0. The summed E-state index contributed by atoms with van der Waals surface area (Å²) < 4.78 is 15.1. The van der Waals surface area contributed by atoms with E-state index < -0.39 is 0 Å². The number of rotatable bonds is 5. The number of nitrogens with zero attached hydrogens (tertiary/aromatic N) is 3. The minimum Gasteiger partial charge on any atom is -0.483 e. The van der Waals surface area contributed by atoms with Crippen LogP contribution < -0.4 is 10.4 Å². The molecule has 0 atom stereocenters. The molecule has 142 valence electrons. The molecule has 1 amide bonds. The number of hydrogen-bond donors (Lipinski definition) is 0. The number of benzene rings is 1. The summed E-state index contributed by atoms with van der Waals surface area (Å²) in [7, 11) is 1.72. The van der Waals surface area contributed by atoms with Crippen LogP contribution in [0.1, 0.15) is 27.3 Å². The average molecular weight is 387 g/mol. The zero-order valence-corrected chi connectivity index (χ0v) is 16.8. The first-order valence-corrected chi connectivity index (χ1v) is 9.24. The number of hydrogen-bond acceptors (Lipinski definition) is 7. The third kappa shape index (κ3) is 3.85. The first kappa shape index (κ1) is 19.0. The second-order valence-corrected chi connectivity index (χ2v) is 7.43. The van der Waals surface area contributed by atoms with E-state index in [1.165, 1.54) is 11.5 Å². The van der Waals surface area contributed by atoms with Crippen LogP contribution in [0.4, 0.5) is 0 Å². The molecule has 0 unspecified atom stereocenters. The van der Waals surface area contributed by atoms with Gasteiger partial charge >= 0.3 is 5.63 Å². The highest BCUT2D eigenvalue weighted by molar-refractivity contribution is 7.05. The highest BCUT2D eigenvalue weighted by Gasteiger charge is 2.17. The number of fused-ring (bicyclic) bond motifs is 1. The average Bonchev–Trinajstić information content (AvgIpc) is 3.01. The van der Waals surface area contributed by atoms with Gasteiger partial charge in [0.2, 0.25) is 0 Å². The van der Waals surface area contributed by atoms with Crippen LogP contribution in [-0.2, 0) is 11.3 Å². The quantitative estimate of drug-likeness (QED) is 0.626. The van der Waals surface area contributed by atoms with Gasteiger partial charge in [-0.1, -0.05) is 4.49 Å². The van der Waals surface area contributed by atoms with Crippen LogP contribution in [-0.4, -0.2) is 34.0 Å². The molecule has 0 aliphatic rings. The van der Waals surface area contributed by atoms with Crippen molar-refractivity contribution in [2.45, 2.75) is 34.2 Å². The minimum absolute atomic E-state index is 0.113. The molecule has 7 nitrogen and oxygen atoms in total. The molecule has 0 saturated carbocycles. The summed E-state index contributed by atoms with van der Waals surface area (Å²) in [5, 5.41) is 4.67. The molecule has 0 saturated heterocycles. The summed E-state index contributed by atoms with van der Waals surface area (Å²) in [6.45, 7) is 7.64. The second kappa shape index (κ2) is 7.48. The summed E-state index contributed by atoms with van der Waals surface area (Å²) in [4.78, 5) is 26.9. The molecule has 0 aliphatic heterocycles. The maximum Gasteiger partial charge on any atom is 0.339 e. The second-order valence-electron chi connectivity index (χ2n) is 6.60. The molecule has 8 heteroatoms. The molecule has 3 rings (SSSR count). The van der Waals surface area contributed by atoms with E-state index >= 15 is 0 Å². The fourth-order valence-electron chi connectivity index (χ4n) is 2.75. The van der Waals surface area contributed by atoms with E-state index in [9.17, 15) is 9.59 Å². The lowest BCUT2D eigenvalue weighted by atomic mass is 10.0. The number of likely N-dealkylation sites (N-methyl/N-ethyl adjacent to an activating group) is 1. The molecule has 2 aromatic heterocycles. The Morgan fingerprint density at radius 3 is 2.63 bits per heavy atom. The monoisotopic (exact) mass is 387 g/mol. The van der Waals surface area contributed by atoms with E-state index in [1.54, 1.807) is 24.9 Å². The number of amides is 1. The van der Waals surface area contributed by atoms with E-state index in [4.69, 9.17) is 9.15 Å². The van der Waals surface area contributed by atoms with E-state index in [-0.39, 0.29) is 18.1 Å². The van der Waals surface area contributed by atoms with Crippen molar-refractivity contribution in [3.05, 3.63) is 49.8 Å². The van der Waals surface area contributed by atoms with Gasteiger partial charge in [-0.25, -0.2) is 4.79 Å². The van der Waals surface area contributed by atoms with Crippen molar-refractivity contribution in [1.29, 1.82) is 0 Å². The molecular formula is C19H21N3O4S. The molecule has 27 heavy (non-hydrogen) atoms. The number of ether oxygens (including phenoxy) is 1. The Labute approximate surface area is 160 Å². The summed E-state index contributed by atoms with van der Waals surface area (Å²) in [6, 6.07) is 3.64. The van der Waals surface area contributed by atoms with Crippen molar-refractivity contribution >= 4 is 28.4 Å². The Balaban J connectivity index is 1.82. The lowest BCUT2D eigenvalue weighted by Crippen LogP contribution is -2.31. The lowest BCUT2D eigenvalue weighted by Gasteiger charge is -2.18. The fraction of sp³-hybridized carbons (Fsp3) is 0.368. The SMILES string of the molecule is Cc1cc(OCC(=O)N(C)Cc2snnc2C)c2c(C)c(C)c(=O)oc2c1. The number of carbonyl (C=O) groups is 1. The fourth-order valence-corrected chi connectivity index (χ4v) is 3.44. The van der Waals surface area contributed by atoms with Gasteiger partial charge in [-0.05, 0) is 62.5 Å². The van der Waals surface area contributed by atoms with Gasteiger partial charge in [0.25, 0.3) is 5.91 Å². The van der Waals surface area contributed by atoms with E-state index in [2.05, 4.69) is 9.59 Å². The smallest absolute Gasteiger partial charge is 0.339 e. The predicted molar refractivity (Wildman–Crippen MR) is 103 cm³/mol. The van der Waals surface area contributed by atoms with Gasteiger partial charge < -0.3 is 14.1 Å². The molecule has 1 aromatic carbocycles. The Kier molecular flexibility index (Phi) is 5.27. The Bertz CT molecular complexity index is 1070. The Morgan fingerprint density at radius 1 is 1.22 bits per heavy atom. The zero-order chi connectivity index (χ0) is 19.7. The number of aryl methyl sites for hydroxylation is 3. The predicted octanol–water partition coefficient (Wildman–Crippen LogP) is 2.92. The first-order valence-electron chi connectivity index (χ1n) is 8.47. The van der Waals surface area contributed by atoms with Crippen molar-refractivity contribution < 1.29 is 13.9 Å². The van der Waals surface area contributed by atoms with Crippen LogP contribution >= 0.6 is 11.5 Å². The molecule has 0 radical (unpaired) electrons. The van der Waals surface area contributed by atoms with Crippen molar-refractivity contribution in [2.24, 2.45) is 0 Å². The standard InChI is InChI=1S/C19H21N3O4S/c1-10-6-14(18-11(2)12(3)19(24)26-15(18)7-10)25-9-17(23)22(5)8-16-13(4)20-21-27-16/h6-7H,8-9H2,1-5H3. The third-order valence-electron chi connectivity index (χ3n) is 4.56. The van der Waals surface area contributed by atoms with Crippen LogP contribution in [0.2, 0.25) is 0 Å². The third-order valence-corrected chi connectivity index (χ3v) is 5.37. The van der Waals surface area contributed by atoms with E-state index in [0.717, 1.165) is 27.1 Å². The molecule has 0 spiro atoms. The van der Waals surface area contributed by atoms with Crippen molar-refractivity contribution in [1.82, 2.24) is 14.5 Å². The topological polar surface area (TPSA) is 85.5 Å². The minimum atomic E-state index is -0.360. The normalized spacial score (nSPS) is 11.0. The molecule has 0 N–H and O–H groups in total. The van der Waals surface area contributed by atoms with Gasteiger partial charge in [-0.3, -0.25) is 4.79 Å². The number of aromatic nitrogens is 2. The molecule has 3 aromatic rings. The van der Waals surface area contributed by atoms with Crippen LogP contribution in [0.5, 0.6) is 5.75 Å². The van der Waals surface area contributed by atoms with Gasteiger partial charge in [0, 0.05) is 12.6 Å². The van der Waals surface area contributed by atoms with Gasteiger partial charge in [0.15, 0.2) is 6.61 Å². The first-order chi connectivity index (χ1) is 12.8. The maximum absolute atomic E-state index is 12.5. The van der Waals surface area contributed by atoms with Crippen LogP contribution in [0.25, 0.3) is 11.0 Å². The van der Waals surface area contributed by atoms with Crippen LogP contribution in [0.15, 0.2) is 21.3 Å². The Hall–Kier alpha value is -2.74. The molecule has 0 fully saturated rings. The largest absolute Gasteiger partial charge is 0.483 e. The van der Waals surface area contributed by atoms with Crippen LogP contribution in [0, 0.1) is 27.7 Å². The van der Waals surface area contributed by atoms with Crippen molar-refractivity contribution in [3.63, 3.8) is 0 Å². The van der Waals surface area contributed by atoms with Crippen molar-refractivity contribution in [3.8, 4) is 5.75 Å². The highest BCUT2D eigenvalue weighted by Crippen LogP contribution is 2.30. The summed E-state index contributed by atoms with van der Waals surface area (Å²) in [5.41, 5.74) is 3.14. The molecule has 0 aliphatic carbocycles. The zero-order valence-electron chi connectivity index (χ0n) is 16.0. The van der Waals surface area contributed by atoms with Gasteiger partial charge in [-0.2, -0.15) is 0 Å². The van der Waals surface area contributed by atoms with E-state index in [0.29, 0.717) is 23.4 Å². The summed E-state index contributed by atoms with van der Waals surface area (Å²) in [5.74, 6) is 0.371. The molecular weight excluding hydrogens is 366 g/mol. The Morgan fingerprint density at radius 2 is 1.96 bits per heavy atom. The van der Waals surface area contributed by atoms with Gasteiger partial charge in [-0.15, -0.1) is 5.10 Å². The maximum atomic E-state index is 12.5. The lowest BCUT2D eigenvalue weighted by molar-refractivity contribution is -0.132.